The molecule has 3 nitrogen and oxygen atoms in total. The highest BCUT2D eigenvalue weighted by Gasteiger charge is 2.34. The number of carbonyl (C=O) groups excluding carboxylic acids is 1. The van der Waals surface area contributed by atoms with Crippen LogP contribution in [0.4, 0.5) is 0 Å². The van der Waals surface area contributed by atoms with Crippen molar-refractivity contribution in [2.45, 2.75) is 44.7 Å². The maximum absolute atomic E-state index is 11.9. The molecule has 92 valence electrons. The summed E-state index contributed by atoms with van der Waals surface area (Å²) < 4.78 is 0. The number of unbranched alkanes of at least 4 members (excludes halogenated alkanes) is 1. The fourth-order valence-electron chi connectivity index (χ4n) is 2.79. The quantitative estimate of drug-likeness (QED) is 0.585. The number of amides is 1. The molecule has 0 aromatic heterocycles. The first-order valence-corrected chi connectivity index (χ1v) is 7.54. The molecular weight excluding hydrogens is 268 g/mol. The summed E-state index contributed by atoms with van der Waals surface area (Å²) >= 11 is 3.44. The second-order valence-electron chi connectivity index (χ2n) is 4.75. The molecule has 2 heterocycles. The molecule has 0 aromatic rings. The molecule has 1 unspecified atom stereocenters. The van der Waals surface area contributed by atoms with Gasteiger partial charge in [0.25, 0.3) is 0 Å². The molecule has 2 aliphatic heterocycles. The van der Waals surface area contributed by atoms with Gasteiger partial charge in [-0.1, -0.05) is 15.9 Å². The van der Waals surface area contributed by atoms with Gasteiger partial charge in [-0.25, -0.2) is 0 Å². The average molecular weight is 289 g/mol. The summed E-state index contributed by atoms with van der Waals surface area (Å²) in [6.45, 7) is 3.12. The SMILES string of the molecule is O=C1CCN2CCCCC2N1CCCCBr. The van der Waals surface area contributed by atoms with Crippen molar-refractivity contribution >= 4 is 21.8 Å². The van der Waals surface area contributed by atoms with Crippen LogP contribution in [-0.4, -0.2) is 46.8 Å². The van der Waals surface area contributed by atoms with Gasteiger partial charge < -0.3 is 4.90 Å². The van der Waals surface area contributed by atoms with Gasteiger partial charge in [0.15, 0.2) is 0 Å². The van der Waals surface area contributed by atoms with Crippen molar-refractivity contribution < 1.29 is 4.79 Å². The van der Waals surface area contributed by atoms with Crippen LogP contribution in [-0.2, 0) is 4.79 Å². The third kappa shape index (κ3) is 2.77. The van der Waals surface area contributed by atoms with Crippen LogP contribution in [0.2, 0.25) is 0 Å². The van der Waals surface area contributed by atoms with Crippen molar-refractivity contribution in [2.75, 3.05) is 25.0 Å². The number of alkyl halides is 1. The van der Waals surface area contributed by atoms with Crippen molar-refractivity contribution in [1.29, 1.82) is 0 Å². The Balaban J connectivity index is 1.92. The van der Waals surface area contributed by atoms with E-state index in [1.54, 1.807) is 0 Å². The lowest BCUT2D eigenvalue weighted by Gasteiger charge is -2.46. The minimum Gasteiger partial charge on any atom is -0.327 e. The molecule has 0 spiro atoms. The summed E-state index contributed by atoms with van der Waals surface area (Å²) in [6, 6.07) is 0. The van der Waals surface area contributed by atoms with Gasteiger partial charge in [-0.15, -0.1) is 0 Å². The van der Waals surface area contributed by atoms with E-state index in [1.165, 1.54) is 25.8 Å². The van der Waals surface area contributed by atoms with Gasteiger partial charge in [0.05, 0.1) is 6.17 Å². The van der Waals surface area contributed by atoms with Crippen molar-refractivity contribution in [1.82, 2.24) is 9.80 Å². The fourth-order valence-corrected chi connectivity index (χ4v) is 3.18. The Morgan fingerprint density at radius 1 is 1.25 bits per heavy atom. The molecule has 2 fully saturated rings. The summed E-state index contributed by atoms with van der Waals surface area (Å²) in [4.78, 5) is 16.6. The van der Waals surface area contributed by atoms with E-state index in [0.29, 0.717) is 12.1 Å². The molecule has 1 atom stereocenters. The third-order valence-electron chi connectivity index (χ3n) is 3.65. The highest BCUT2D eigenvalue weighted by atomic mass is 79.9. The minimum absolute atomic E-state index is 0.373. The Labute approximate surface area is 106 Å². The molecule has 0 aromatic carbocycles. The Morgan fingerprint density at radius 3 is 2.94 bits per heavy atom. The molecule has 0 radical (unpaired) electrons. The summed E-state index contributed by atoms with van der Waals surface area (Å²) in [6.07, 6.45) is 7.21. The molecule has 16 heavy (non-hydrogen) atoms. The van der Waals surface area contributed by atoms with E-state index >= 15 is 0 Å². The fraction of sp³-hybridized carbons (Fsp3) is 0.917. The molecule has 0 aliphatic carbocycles. The Kier molecular flexibility index (Phi) is 4.65. The van der Waals surface area contributed by atoms with Crippen LogP contribution in [0.1, 0.15) is 38.5 Å². The number of fused-ring (bicyclic) bond motifs is 1. The standard InChI is InChI=1S/C12H21BrN2O/c13-7-2-4-9-15-11-5-1-3-8-14(11)10-6-12(15)16/h11H,1-10H2. The molecule has 2 rings (SSSR count). The average Bonchev–Trinajstić information content (AvgIpc) is 2.32. The second kappa shape index (κ2) is 6.01. The van der Waals surface area contributed by atoms with Crippen LogP contribution in [0.15, 0.2) is 0 Å². The number of halogens is 1. The van der Waals surface area contributed by atoms with Crippen molar-refractivity contribution in [3.8, 4) is 0 Å². The summed E-state index contributed by atoms with van der Waals surface area (Å²) in [5, 5.41) is 1.05. The number of hydrogen-bond acceptors (Lipinski definition) is 2. The first-order valence-electron chi connectivity index (χ1n) is 6.42. The highest BCUT2D eigenvalue weighted by molar-refractivity contribution is 9.09. The van der Waals surface area contributed by atoms with Crippen LogP contribution < -0.4 is 0 Å². The monoisotopic (exact) mass is 288 g/mol. The van der Waals surface area contributed by atoms with E-state index in [9.17, 15) is 4.79 Å². The second-order valence-corrected chi connectivity index (χ2v) is 5.54. The van der Waals surface area contributed by atoms with Gasteiger partial charge in [-0.3, -0.25) is 9.69 Å². The number of hydrogen-bond donors (Lipinski definition) is 0. The smallest absolute Gasteiger partial charge is 0.225 e. The lowest BCUT2D eigenvalue weighted by molar-refractivity contribution is -0.146. The van der Waals surface area contributed by atoms with Crippen LogP contribution in [0, 0.1) is 0 Å². The van der Waals surface area contributed by atoms with Gasteiger partial charge in [0.1, 0.15) is 0 Å². The Hall–Kier alpha value is -0.0900. The number of carbonyl (C=O) groups is 1. The van der Waals surface area contributed by atoms with Crippen LogP contribution >= 0.6 is 15.9 Å². The molecule has 0 bridgehead atoms. The van der Waals surface area contributed by atoms with Crippen LogP contribution in [0.5, 0.6) is 0 Å². The van der Waals surface area contributed by atoms with Gasteiger partial charge in [-0.05, 0) is 32.1 Å². The van der Waals surface area contributed by atoms with Gasteiger partial charge in [-0.2, -0.15) is 0 Å². The van der Waals surface area contributed by atoms with Gasteiger partial charge in [0.2, 0.25) is 5.91 Å². The predicted octanol–water partition coefficient (Wildman–Crippen LogP) is 2.21. The third-order valence-corrected chi connectivity index (χ3v) is 4.22. The molecule has 4 heteroatoms. The van der Waals surface area contributed by atoms with Gasteiger partial charge in [0, 0.05) is 31.4 Å². The lowest BCUT2D eigenvalue weighted by atomic mass is 10.0. The maximum Gasteiger partial charge on any atom is 0.225 e. The summed E-state index contributed by atoms with van der Waals surface area (Å²) in [5.41, 5.74) is 0. The van der Waals surface area contributed by atoms with E-state index < -0.39 is 0 Å². The topological polar surface area (TPSA) is 23.6 Å². The Bertz CT molecular complexity index is 247. The molecule has 2 aliphatic rings. The van der Waals surface area contributed by atoms with E-state index in [-0.39, 0.29) is 0 Å². The summed E-state index contributed by atoms with van der Waals surface area (Å²) in [5.74, 6) is 0.373. The first kappa shape index (κ1) is 12.4. The first-order chi connectivity index (χ1) is 7.83. The van der Waals surface area contributed by atoms with E-state index in [4.69, 9.17) is 0 Å². The lowest BCUT2D eigenvalue weighted by Crippen LogP contribution is -2.58. The molecule has 0 saturated carbocycles. The van der Waals surface area contributed by atoms with Gasteiger partial charge >= 0.3 is 0 Å². The predicted molar refractivity (Wildman–Crippen MR) is 68.6 cm³/mol. The number of nitrogens with zero attached hydrogens (tertiary/aromatic N) is 2. The molecule has 2 saturated heterocycles. The summed E-state index contributed by atoms with van der Waals surface area (Å²) in [7, 11) is 0. The van der Waals surface area contributed by atoms with E-state index in [1.807, 2.05) is 0 Å². The maximum atomic E-state index is 11.9. The van der Waals surface area contributed by atoms with E-state index in [2.05, 4.69) is 25.7 Å². The van der Waals surface area contributed by atoms with E-state index in [0.717, 1.165) is 37.7 Å². The van der Waals surface area contributed by atoms with Crippen molar-refractivity contribution in [2.24, 2.45) is 0 Å². The highest BCUT2D eigenvalue weighted by Crippen LogP contribution is 2.25. The van der Waals surface area contributed by atoms with Crippen LogP contribution in [0.25, 0.3) is 0 Å². The molecule has 0 N–H and O–H groups in total. The molecular formula is C12H21BrN2O. The normalized spacial score (nSPS) is 26.9. The van der Waals surface area contributed by atoms with Crippen molar-refractivity contribution in [3.63, 3.8) is 0 Å². The number of piperidine rings is 1. The van der Waals surface area contributed by atoms with Crippen LogP contribution in [0.3, 0.4) is 0 Å². The van der Waals surface area contributed by atoms with Crippen molar-refractivity contribution in [3.05, 3.63) is 0 Å². The zero-order valence-electron chi connectivity index (χ0n) is 9.83. The zero-order valence-corrected chi connectivity index (χ0v) is 11.4. The Morgan fingerprint density at radius 2 is 2.12 bits per heavy atom. The zero-order chi connectivity index (χ0) is 11.4. The minimum atomic E-state index is 0.373. The molecule has 1 amide bonds. The number of rotatable bonds is 4. The largest absolute Gasteiger partial charge is 0.327 e.